The molecule has 0 amide bonds. The maximum atomic E-state index is 5.01. The molecule has 2 aromatic rings. The highest BCUT2D eigenvalue weighted by Gasteiger charge is 2.07. The molecule has 0 fully saturated rings. The summed E-state index contributed by atoms with van der Waals surface area (Å²) in [5.74, 6) is 0. The van der Waals surface area contributed by atoms with E-state index in [-0.39, 0.29) is 0 Å². The van der Waals surface area contributed by atoms with Gasteiger partial charge >= 0.3 is 0 Å². The Kier molecular flexibility index (Phi) is 2.28. The Balaban J connectivity index is 2.35. The molecule has 0 radical (unpaired) electrons. The van der Waals surface area contributed by atoms with Gasteiger partial charge in [-0.1, -0.05) is 11.3 Å². The standard InChI is InChI=1S/C8H8N2OS2/c1-5-4-12-7(10-5)6-3-9-8(11-2)13-6/h3-4H,1-2H3. The highest BCUT2D eigenvalue weighted by molar-refractivity contribution is 7.21. The third-order valence-electron chi connectivity index (χ3n) is 1.49. The largest absolute Gasteiger partial charge is 0.473 e. The summed E-state index contributed by atoms with van der Waals surface area (Å²) in [5, 5.41) is 3.72. The third kappa shape index (κ3) is 1.71. The van der Waals surface area contributed by atoms with E-state index in [0.29, 0.717) is 5.19 Å². The Hall–Kier alpha value is -0.940. The summed E-state index contributed by atoms with van der Waals surface area (Å²) in [6.45, 7) is 1.98. The predicted octanol–water partition coefficient (Wildman–Crippen LogP) is 2.58. The van der Waals surface area contributed by atoms with Crippen LogP contribution in [0.15, 0.2) is 11.6 Å². The number of thiazole rings is 2. The summed E-state index contributed by atoms with van der Waals surface area (Å²) in [6, 6.07) is 0. The van der Waals surface area contributed by atoms with Crippen LogP contribution in [0, 0.1) is 6.92 Å². The molecule has 0 aromatic carbocycles. The van der Waals surface area contributed by atoms with E-state index in [0.717, 1.165) is 15.6 Å². The van der Waals surface area contributed by atoms with E-state index in [2.05, 4.69) is 9.97 Å². The molecular weight excluding hydrogens is 204 g/mol. The fourth-order valence-corrected chi connectivity index (χ4v) is 2.50. The normalized spacial score (nSPS) is 10.3. The Morgan fingerprint density at radius 2 is 2.31 bits per heavy atom. The van der Waals surface area contributed by atoms with Crippen LogP contribution in [0.25, 0.3) is 9.88 Å². The van der Waals surface area contributed by atoms with Crippen molar-refractivity contribution in [2.45, 2.75) is 6.92 Å². The average Bonchev–Trinajstić information content (AvgIpc) is 2.71. The van der Waals surface area contributed by atoms with E-state index < -0.39 is 0 Å². The first-order chi connectivity index (χ1) is 6.29. The molecule has 0 aliphatic carbocycles. The molecule has 0 unspecified atom stereocenters. The van der Waals surface area contributed by atoms with Gasteiger partial charge in [0.2, 0.25) is 0 Å². The van der Waals surface area contributed by atoms with Gasteiger partial charge in [-0.05, 0) is 6.92 Å². The van der Waals surface area contributed by atoms with Crippen LogP contribution < -0.4 is 4.74 Å². The van der Waals surface area contributed by atoms with E-state index in [1.54, 1.807) is 24.6 Å². The number of hydrogen-bond donors (Lipinski definition) is 0. The van der Waals surface area contributed by atoms with Gasteiger partial charge < -0.3 is 4.74 Å². The number of hydrogen-bond acceptors (Lipinski definition) is 5. The van der Waals surface area contributed by atoms with Gasteiger partial charge in [-0.2, -0.15) is 0 Å². The monoisotopic (exact) mass is 212 g/mol. The molecule has 0 atom stereocenters. The van der Waals surface area contributed by atoms with Crippen molar-refractivity contribution in [2.75, 3.05) is 7.11 Å². The number of nitrogens with zero attached hydrogens (tertiary/aromatic N) is 2. The van der Waals surface area contributed by atoms with E-state index in [1.807, 2.05) is 12.3 Å². The van der Waals surface area contributed by atoms with Crippen molar-refractivity contribution < 1.29 is 4.74 Å². The predicted molar refractivity (Wildman–Crippen MR) is 54.5 cm³/mol. The van der Waals surface area contributed by atoms with Crippen LogP contribution in [0.2, 0.25) is 0 Å². The Morgan fingerprint density at radius 3 is 2.85 bits per heavy atom. The highest BCUT2D eigenvalue weighted by Crippen LogP contribution is 2.31. The van der Waals surface area contributed by atoms with Crippen molar-refractivity contribution in [1.82, 2.24) is 9.97 Å². The molecular formula is C8H8N2OS2. The van der Waals surface area contributed by atoms with Crippen molar-refractivity contribution >= 4 is 22.7 Å². The molecule has 0 N–H and O–H groups in total. The van der Waals surface area contributed by atoms with Gasteiger partial charge in [0.25, 0.3) is 5.19 Å². The van der Waals surface area contributed by atoms with Crippen LogP contribution in [0.3, 0.4) is 0 Å². The molecule has 13 heavy (non-hydrogen) atoms. The molecule has 0 spiro atoms. The lowest BCUT2D eigenvalue weighted by atomic mass is 10.5. The molecule has 5 heteroatoms. The number of ether oxygens (including phenoxy) is 1. The maximum Gasteiger partial charge on any atom is 0.273 e. The summed E-state index contributed by atoms with van der Waals surface area (Å²) >= 11 is 3.14. The molecule has 68 valence electrons. The van der Waals surface area contributed by atoms with Crippen molar-refractivity contribution in [2.24, 2.45) is 0 Å². The lowest BCUT2D eigenvalue weighted by Crippen LogP contribution is -1.76. The second-order valence-corrected chi connectivity index (χ2v) is 4.34. The second-order valence-electron chi connectivity index (χ2n) is 2.49. The Labute approximate surface area is 84.1 Å². The second kappa shape index (κ2) is 3.43. The summed E-state index contributed by atoms with van der Waals surface area (Å²) < 4.78 is 5.01. The average molecular weight is 212 g/mol. The van der Waals surface area contributed by atoms with Crippen LogP contribution >= 0.6 is 22.7 Å². The minimum Gasteiger partial charge on any atom is -0.473 e. The van der Waals surface area contributed by atoms with Crippen molar-refractivity contribution in [3.63, 3.8) is 0 Å². The SMILES string of the molecule is COc1ncc(-c2nc(C)cs2)s1. The molecule has 0 saturated carbocycles. The topological polar surface area (TPSA) is 35.0 Å². The van der Waals surface area contributed by atoms with Crippen molar-refractivity contribution in [3.05, 3.63) is 17.3 Å². The van der Waals surface area contributed by atoms with Gasteiger partial charge in [-0.3, -0.25) is 0 Å². The van der Waals surface area contributed by atoms with E-state index >= 15 is 0 Å². The van der Waals surface area contributed by atoms with Gasteiger partial charge in [-0.15, -0.1) is 11.3 Å². The first-order valence-corrected chi connectivity index (χ1v) is 5.41. The minimum atomic E-state index is 0.683. The van der Waals surface area contributed by atoms with E-state index in [4.69, 9.17) is 4.74 Å². The summed E-state index contributed by atoms with van der Waals surface area (Å²) in [7, 11) is 1.62. The number of methoxy groups -OCH3 is 1. The number of aromatic nitrogens is 2. The van der Waals surface area contributed by atoms with Gasteiger partial charge in [0, 0.05) is 11.1 Å². The quantitative estimate of drug-likeness (QED) is 0.767. The maximum absolute atomic E-state index is 5.01. The molecule has 0 bridgehead atoms. The Bertz CT molecular complexity index is 408. The molecule has 3 nitrogen and oxygen atoms in total. The van der Waals surface area contributed by atoms with Crippen LogP contribution in [0.4, 0.5) is 0 Å². The van der Waals surface area contributed by atoms with E-state index in [9.17, 15) is 0 Å². The van der Waals surface area contributed by atoms with Crippen LogP contribution in [-0.2, 0) is 0 Å². The number of aryl methyl sites for hydroxylation is 1. The zero-order valence-corrected chi connectivity index (χ0v) is 8.91. The summed E-state index contributed by atoms with van der Waals surface area (Å²) in [5.41, 5.74) is 1.05. The number of rotatable bonds is 2. The molecule has 0 aliphatic rings. The fourth-order valence-electron chi connectivity index (χ4n) is 0.918. The zero-order chi connectivity index (χ0) is 9.26. The lowest BCUT2D eigenvalue weighted by Gasteiger charge is -1.87. The smallest absolute Gasteiger partial charge is 0.273 e. The lowest BCUT2D eigenvalue weighted by molar-refractivity contribution is 0.412. The van der Waals surface area contributed by atoms with Crippen LogP contribution in [-0.4, -0.2) is 17.1 Å². The molecule has 0 aliphatic heterocycles. The zero-order valence-electron chi connectivity index (χ0n) is 7.27. The van der Waals surface area contributed by atoms with Crippen LogP contribution in [0.1, 0.15) is 5.69 Å². The Morgan fingerprint density at radius 1 is 1.46 bits per heavy atom. The first kappa shape index (κ1) is 8.65. The minimum absolute atomic E-state index is 0.683. The van der Waals surface area contributed by atoms with Gasteiger partial charge in [0.15, 0.2) is 0 Å². The molecule has 2 aromatic heterocycles. The van der Waals surface area contributed by atoms with Crippen molar-refractivity contribution in [1.29, 1.82) is 0 Å². The van der Waals surface area contributed by atoms with Crippen LogP contribution in [0.5, 0.6) is 5.19 Å². The van der Waals surface area contributed by atoms with Crippen molar-refractivity contribution in [3.8, 4) is 15.1 Å². The molecule has 2 rings (SSSR count). The summed E-state index contributed by atoms with van der Waals surface area (Å²) in [4.78, 5) is 9.51. The highest BCUT2D eigenvalue weighted by atomic mass is 32.1. The van der Waals surface area contributed by atoms with Gasteiger partial charge in [-0.25, -0.2) is 9.97 Å². The van der Waals surface area contributed by atoms with Gasteiger partial charge in [0.1, 0.15) is 5.01 Å². The fraction of sp³-hybridized carbons (Fsp3) is 0.250. The third-order valence-corrected chi connectivity index (χ3v) is 3.58. The first-order valence-electron chi connectivity index (χ1n) is 3.72. The van der Waals surface area contributed by atoms with Gasteiger partial charge in [0.05, 0.1) is 18.2 Å². The molecule has 0 saturated heterocycles. The summed E-state index contributed by atoms with van der Waals surface area (Å²) in [6.07, 6.45) is 1.79. The van der Waals surface area contributed by atoms with E-state index in [1.165, 1.54) is 11.3 Å². The molecule has 2 heterocycles.